The maximum atomic E-state index is 11.6. The molecule has 3 rings (SSSR count). The first-order valence-corrected chi connectivity index (χ1v) is 11.0. The van der Waals surface area contributed by atoms with Crippen molar-refractivity contribution in [1.29, 1.82) is 0 Å². The summed E-state index contributed by atoms with van der Waals surface area (Å²) in [5, 5.41) is 9.26. The molecule has 1 aromatic rings. The van der Waals surface area contributed by atoms with Gasteiger partial charge in [-0.25, -0.2) is 4.79 Å². The number of ether oxygens (including phenoxy) is 1. The lowest BCUT2D eigenvalue weighted by atomic mass is 9.88. The highest BCUT2D eigenvalue weighted by molar-refractivity contribution is 7.10. The third kappa shape index (κ3) is 5.17. The predicted octanol–water partition coefficient (Wildman–Crippen LogP) is 2.53. The maximum absolute atomic E-state index is 11.6. The smallest absolute Gasteiger partial charge is 0.409 e. The molecule has 2 fully saturated rings. The average molecular weight is 408 g/mol. The van der Waals surface area contributed by atoms with Crippen LogP contribution in [-0.2, 0) is 4.74 Å². The topological polar surface area (TPSA) is 69.2 Å². The number of amides is 1. The van der Waals surface area contributed by atoms with Crippen molar-refractivity contribution in [2.75, 3.05) is 47.4 Å². The fraction of sp³-hybridized carbons (Fsp3) is 0.700. The van der Waals surface area contributed by atoms with Gasteiger partial charge >= 0.3 is 6.09 Å². The first-order valence-electron chi connectivity index (χ1n) is 10.2. The molecule has 2 aliphatic heterocycles. The minimum absolute atomic E-state index is 0.234. The van der Waals surface area contributed by atoms with Gasteiger partial charge in [-0.3, -0.25) is 9.89 Å². The number of thiophene rings is 1. The molecule has 2 atom stereocenters. The Balaban J connectivity index is 1.50. The van der Waals surface area contributed by atoms with Crippen LogP contribution in [0.1, 0.15) is 36.6 Å². The zero-order valence-electron chi connectivity index (χ0n) is 17.2. The molecule has 28 heavy (non-hydrogen) atoms. The zero-order chi connectivity index (χ0) is 19.9. The molecule has 0 saturated carbocycles. The van der Waals surface area contributed by atoms with E-state index in [1.165, 1.54) is 24.8 Å². The minimum atomic E-state index is -0.234. The zero-order valence-corrected chi connectivity index (χ0v) is 18.0. The standard InChI is InChI=1S/C20H33N5O2S/c1-21-19(23-16-8-11-25(12-9-16)20(26)27-3)22-14-15-6-4-10-24(2)18(15)17-7-5-13-28-17/h5,7,13,15-16,18H,4,6,8-12,14H2,1-3H3,(H2,21,22,23). The lowest BCUT2D eigenvalue weighted by Crippen LogP contribution is -2.51. The van der Waals surface area contributed by atoms with Crippen molar-refractivity contribution in [3.8, 4) is 0 Å². The van der Waals surface area contributed by atoms with Crippen molar-refractivity contribution in [2.24, 2.45) is 10.9 Å². The first-order chi connectivity index (χ1) is 13.6. The number of methoxy groups -OCH3 is 1. The third-order valence-electron chi connectivity index (χ3n) is 5.87. The second kappa shape index (κ2) is 10.1. The van der Waals surface area contributed by atoms with Gasteiger partial charge in [-0.15, -0.1) is 11.3 Å². The highest BCUT2D eigenvalue weighted by atomic mass is 32.1. The summed E-state index contributed by atoms with van der Waals surface area (Å²) in [6.07, 6.45) is 4.04. The summed E-state index contributed by atoms with van der Waals surface area (Å²) in [6, 6.07) is 5.21. The van der Waals surface area contributed by atoms with Crippen LogP contribution in [0.15, 0.2) is 22.5 Å². The second-order valence-corrected chi connectivity index (χ2v) is 8.65. The third-order valence-corrected chi connectivity index (χ3v) is 6.81. The lowest BCUT2D eigenvalue weighted by molar-refractivity contribution is 0.111. The maximum Gasteiger partial charge on any atom is 0.409 e. The molecular weight excluding hydrogens is 374 g/mol. The van der Waals surface area contributed by atoms with Gasteiger partial charge in [0.15, 0.2) is 5.96 Å². The van der Waals surface area contributed by atoms with E-state index in [0.717, 1.165) is 45.0 Å². The summed E-state index contributed by atoms with van der Waals surface area (Å²) in [7, 11) is 5.49. The molecule has 0 spiro atoms. The van der Waals surface area contributed by atoms with Crippen LogP contribution >= 0.6 is 11.3 Å². The van der Waals surface area contributed by atoms with E-state index < -0.39 is 0 Å². The number of aliphatic imine (C=N–C) groups is 1. The highest BCUT2D eigenvalue weighted by Gasteiger charge is 2.31. The Morgan fingerprint density at radius 2 is 2.11 bits per heavy atom. The van der Waals surface area contributed by atoms with Gasteiger partial charge in [0.05, 0.1) is 7.11 Å². The molecule has 0 radical (unpaired) electrons. The van der Waals surface area contributed by atoms with Gasteiger partial charge in [0.25, 0.3) is 0 Å². The van der Waals surface area contributed by atoms with Crippen molar-refractivity contribution in [3.05, 3.63) is 22.4 Å². The van der Waals surface area contributed by atoms with Crippen LogP contribution in [0.3, 0.4) is 0 Å². The van der Waals surface area contributed by atoms with E-state index >= 15 is 0 Å². The van der Waals surface area contributed by atoms with Crippen LogP contribution in [0, 0.1) is 5.92 Å². The van der Waals surface area contributed by atoms with Gasteiger partial charge < -0.3 is 20.3 Å². The molecule has 0 aromatic carbocycles. The van der Waals surface area contributed by atoms with Crippen LogP contribution < -0.4 is 10.6 Å². The molecule has 2 saturated heterocycles. The number of hydrogen-bond acceptors (Lipinski definition) is 5. The van der Waals surface area contributed by atoms with Crippen molar-refractivity contribution in [1.82, 2.24) is 20.4 Å². The summed E-state index contributed by atoms with van der Waals surface area (Å²) in [4.78, 5) is 21.7. The molecule has 7 nitrogen and oxygen atoms in total. The van der Waals surface area contributed by atoms with E-state index in [9.17, 15) is 4.79 Å². The molecule has 0 bridgehead atoms. The number of hydrogen-bond donors (Lipinski definition) is 2. The second-order valence-electron chi connectivity index (χ2n) is 7.67. The van der Waals surface area contributed by atoms with E-state index in [2.05, 4.69) is 45.1 Å². The Kier molecular flexibility index (Phi) is 7.56. The quantitative estimate of drug-likeness (QED) is 0.593. The van der Waals surface area contributed by atoms with E-state index in [4.69, 9.17) is 4.74 Å². The van der Waals surface area contributed by atoms with Gasteiger partial charge in [-0.2, -0.15) is 0 Å². The Morgan fingerprint density at radius 1 is 1.32 bits per heavy atom. The summed E-state index contributed by atoms with van der Waals surface area (Å²) < 4.78 is 4.81. The number of likely N-dealkylation sites (tertiary alicyclic amines) is 2. The van der Waals surface area contributed by atoms with Gasteiger partial charge in [0, 0.05) is 43.6 Å². The Morgan fingerprint density at radius 3 is 2.75 bits per heavy atom. The van der Waals surface area contributed by atoms with E-state index in [-0.39, 0.29) is 6.09 Å². The van der Waals surface area contributed by atoms with Gasteiger partial charge in [0.1, 0.15) is 0 Å². The SMILES string of the molecule is CN=C(NCC1CCCN(C)C1c1cccs1)NC1CCN(C(=O)OC)CC1. The monoisotopic (exact) mass is 407 g/mol. The molecule has 1 aromatic heterocycles. The number of nitrogens with zero attached hydrogens (tertiary/aromatic N) is 3. The molecular formula is C20H33N5O2S. The average Bonchev–Trinajstić information content (AvgIpc) is 3.25. The van der Waals surface area contributed by atoms with Crippen LogP contribution in [-0.4, -0.2) is 75.3 Å². The van der Waals surface area contributed by atoms with Crippen LogP contribution in [0.2, 0.25) is 0 Å². The molecule has 8 heteroatoms. The van der Waals surface area contributed by atoms with Gasteiger partial charge in [-0.05, 0) is 56.6 Å². The molecule has 2 N–H and O–H groups in total. The number of carbonyl (C=O) groups is 1. The summed E-state index contributed by atoms with van der Waals surface area (Å²) in [6.45, 7) is 3.50. The van der Waals surface area contributed by atoms with Crippen molar-refractivity contribution >= 4 is 23.4 Å². The molecule has 0 aliphatic carbocycles. The number of nitrogens with one attached hydrogen (secondary N) is 2. The molecule has 3 heterocycles. The fourth-order valence-corrected chi connectivity index (χ4v) is 5.32. The molecule has 156 valence electrons. The number of guanidine groups is 1. The van der Waals surface area contributed by atoms with Crippen molar-refractivity contribution in [2.45, 2.75) is 37.8 Å². The Labute approximate surface area is 172 Å². The predicted molar refractivity (Wildman–Crippen MR) is 114 cm³/mol. The lowest BCUT2D eigenvalue weighted by Gasteiger charge is -2.39. The molecule has 1 amide bonds. The van der Waals surface area contributed by atoms with Crippen LogP contribution in [0.5, 0.6) is 0 Å². The summed E-state index contributed by atoms with van der Waals surface area (Å²) in [5.74, 6) is 1.42. The fourth-order valence-electron chi connectivity index (χ4n) is 4.33. The summed E-state index contributed by atoms with van der Waals surface area (Å²) in [5.41, 5.74) is 0. The largest absolute Gasteiger partial charge is 0.453 e. The number of carbonyl (C=O) groups excluding carboxylic acids is 1. The summed E-state index contributed by atoms with van der Waals surface area (Å²) >= 11 is 1.85. The van der Waals surface area contributed by atoms with Crippen LogP contribution in [0.25, 0.3) is 0 Å². The minimum Gasteiger partial charge on any atom is -0.453 e. The van der Waals surface area contributed by atoms with E-state index in [0.29, 0.717) is 18.0 Å². The van der Waals surface area contributed by atoms with E-state index in [1.807, 2.05) is 18.4 Å². The normalized spacial score (nSPS) is 24.8. The van der Waals surface area contributed by atoms with Gasteiger partial charge in [-0.1, -0.05) is 6.07 Å². The number of rotatable bonds is 4. The van der Waals surface area contributed by atoms with Crippen molar-refractivity contribution < 1.29 is 9.53 Å². The molecule has 2 unspecified atom stereocenters. The Hall–Kier alpha value is -1.80. The van der Waals surface area contributed by atoms with Gasteiger partial charge in [0.2, 0.25) is 0 Å². The van der Waals surface area contributed by atoms with Crippen molar-refractivity contribution in [3.63, 3.8) is 0 Å². The van der Waals surface area contributed by atoms with Crippen LogP contribution in [0.4, 0.5) is 4.79 Å². The first kappa shape index (κ1) is 20.9. The Bertz CT molecular complexity index is 643. The highest BCUT2D eigenvalue weighted by Crippen LogP contribution is 2.36. The van der Waals surface area contributed by atoms with E-state index in [1.54, 1.807) is 4.90 Å². The number of piperidine rings is 2. The molecule has 2 aliphatic rings.